The predicted octanol–water partition coefficient (Wildman–Crippen LogP) is 3.16. The molecule has 1 atom stereocenters. The van der Waals surface area contributed by atoms with Crippen LogP contribution in [-0.4, -0.2) is 36.7 Å². The van der Waals surface area contributed by atoms with Crippen LogP contribution in [0.2, 0.25) is 5.02 Å². The zero-order valence-electron chi connectivity index (χ0n) is 15.4. The SMILES string of the molecule is CC(Cn1ccc(-c2ccc(C#N)c(Cl)c2)n1)NC(=O)c1ccc2[nH]cnc2n1. The Bertz CT molecular complexity index is 1240. The van der Waals surface area contributed by atoms with E-state index in [-0.39, 0.29) is 11.9 Å². The summed E-state index contributed by atoms with van der Waals surface area (Å²) in [5.74, 6) is -0.270. The zero-order valence-corrected chi connectivity index (χ0v) is 16.2. The van der Waals surface area contributed by atoms with Crippen molar-refractivity contribution in [1.29, 1.82) is 5.26 Å². The lowest BCUT2D eigenvalue weighted by Gasteiger charge is -2.13. The van der Waals surface area contributed by atoms with Crippen molar-refractivity contribution in [1.82, 2.24) is 30.0 Å². The fourth-order valence-corrected chi connectivity index (χ4v) is 3.18. The van der Waals surface area contributed by atoms with Gasteiger partial charge in [-0.15, -0.1) is 0 Å². The molecule has 3 heterocycles. The van der Waals surface area contributed by atoms with Gasteiger partial charge in [-0.25, -0.2) is 9.97 Å². The predicted molar refractivity (Wildman–Crippen MR) is 108 cm³/mol. The Balaban J connectivity index is 1.42. The van der Waals surface area contributed by atoms with Crippen molar-refractivity contribution in [2.24, 2.45) is 0 Å². The van der Waals surface area contributed by atoms with Gasteiger partial charge in [0, 0.05) is 17.8 Å². The van der Waals surface area contributed by atoms with Crippen molar-refractivity contribution in [2.45, 2.75) is 19.5 Å². The number of hydrogen-bond donors (Lipinski definition) is 2. The van der Waals surface area contributed by atoms with Gasteiger partial charge in [-0.05, 0) is 37.3 Å². The number of pyridine rings is 1. The van der Waals surface area contributed by atoms with Gasteiger partial charge in [-0.3, -0.25) is 9.48 Å². The van der Waals surface area contributed by atoms with Gasteiger partial charge in [0.2, 0.25) is 0 Å². The maximum atomic E-state index is 12.5. The van der Waals surface area contributed by atoms with Gasteiger partial charge >= 0.3 is 0 Å². The van der Waals surface area contributed by atoms with E-state index >= 15 is 0 Å². The Kier molecular flexibility index (Phi) is 4.97. The topological polar surface area (TPSA) is 112 Å². The Morgan fingerprint density at radius 1 is 1.34 bits per heavy atom. The lowest BCUT2D eigenvalue weighted by atomic mass is 10.1. The highest BCUT2D eigenvalue weighted by atomic mass is 35.5. The van der Waals surface area contributed by atoms with Crippen LogP contribution in [0.4, 0.5) is 0 Å². The van der Waals surface area contributed by atoms with Crippen LogP contribution < -0.4 is 5.32 Å². The van der Waals surface area contributed by atoms with Crippen LogP contribution >= 0.6 is 11.6 Å². The molecule has 8 nitrogen and oxygen atoms in total. The normalized spacial score (nSPS) is 11.9. The number of halogens is 1. The van der Waals surface area contributed by atoms with Crippen molar-refractivity contribution in [3.05, 3.63) is 65.2 Å². The molecule has 0 aliphatic carbocycles. The summed E-state index contributed by atoms with van der Waals surface area (Å²) in [4.78, 5) is 23.7. The van der Waals surface area contributed by atoms with E-state index < -0.39 is 0 Å². The average Bonchev–Trinajstić information content (AvgIpc) is 3.36. The molecule has 9 heteroatoms. The minimum atomic E-state index is -0.270. The molecule has 1 aromatic carbocycles. The molecule has 0 fully saturated rings. The largest absolute Gasteiger partial charge is 0.346 e. The second kappa shape index (κ2) is 7.73. The number of nitrogens with zero attached hydrogens (tertiary/aromatic N) is 5. The summed E-state index contributed by atoms with van der Waals surface area (Å²) in [5, 5.41) is 16.8. The minimum Gasteiger partial charge on any atom is -0.346 e. The monoisotopic (exact) mass is 405 g/mol. The Hall–Kier alpha value is -3.70. The Labute approximate surface area is 171 Å². The van der Waals surface area contributed by atoms with Crippen molar-refractivity contribution in [3.8, 4) is 17.3 Å². The van der Waals surface area contributed by atoms with Gasteiger partial charge in [-0.1, -0.05) is 17.7 Å². The summed E-state index contributed by atoms with van der Waals surface area (Å²) in [6.45, 7) is 2.38. The van der Waals surface area contributed by atoms with Crippen LogP contribution in [0.5, 0.6) is 0 Å². The quantitative estimate of drug-likeness (QED) is 0.529. The third kappa shape index (κ3) is 3.95. The number of amides is 1. The molecule has 4 rings (SSSR count). The first kappa shape index (κ1) is 18.7. The van der Waals surface area contributed by atoms with Gasteiger partial charge in [0.25, 0.3) is 5.91 Å². The molecule has 0 aliphatic rings. The van der Waals surface area contributed by atoms with E-state index in [0.29, 0.717) is 28.5 Å². The lowest BCUT2D eigenvalue weighted by Crippen LogP contribution is -2.36. The van der Waals surface area contributed by atoms with Crippen LogP contribution in [-0.2, 0) is 6.54 Å². The van der Waals surface area contributed by atoms with Gasteiger partial charge in [-0.2, -0.15) is 10.4 Å². The number of hydrogen-bond acceptors (Lipinski definition) is 5. The molecule has 0 spiro atoms. The highest BCUT2D eigenvalue weighted by Crippen LogP contribution is 2.24. The molecule has 1 unspecified atom stereocenters. The van der Waals surface area contributed by atoms with Gasteiger partial charge in [0.1, 0.15) is 11.8 Å². The van der Waals surface area contributed by atoms with E-state index in [4.69, 9.17) is 16.9 Å². The fourth-order valence-electron chi connectivity index (χ4n) is 2.96. The van der Waals surface area contributed by atoms with Gasteiger partial charge < -0.3 is 10.3 Å². The fraction of sp³-hybridized carbons (Fsp3) is 0.150. The smallest absolute Gasteiger partial charge is 0.270 e. The van der Waals surface area contributed by atoms with Gasteiger partial charge in [0.05, 0.1) is 34.7 Å². The maximum Gasteiger partial charge on any atom is 0.270 e. The molecule has 0 saturated heterocycles. The van der Waals surface area contributed by atoms with Crippen LogP contribution in [0.25, 0.3) is 22.4 Å². The standard InChI is InChI=1S/C20H16ClN7O/c1-12(25-20(29)18-5-4-17-19(26-18)24-11-23-17)10-28-7-6-16(27-28)13-2-3-14(9-22)15(21)8-13/h2-8,11-12H,10H2,1H3,(H,25,29)(H,23,24,26). The first-order chi connectivity index (χ1) is 14.0. The summed E-state index contributed by atoms with van der Waals surface area (Å²) in [7, 11) is 0. The van der Waals surface area contributed by atoms with Crippen molar-refractivity contribution in [2.75, 3.05) is 0 Å². The minimum absolute atomic E-state index is 0.170. The number of aromatic nitrogens is 5. The number of aromatic amines is 1. The van der Waals surface area contributed by atoms with Crippen molar-refractivity contribution < 1.29 is 4.79 Å². The van der Waals surface area contributed by atoms with Crippen LogP contribution in [0.15, 0.2) is 48.9 Å². The Morgan fingerprint density at radius 3 is 3.00 bits per heavy atom. The molecule has 1 amide bonds. The van der Waals surface area contributed by atoms with Crippen LogP contribution in [0, 0.1) is 11.3 Å². The third-order valence-corrected chi connectivity index (χ3v) is 4.69. The first-order valence-corrected chi connectivity index (χ1v) is 9.26. The van der Waals surface area contributed by atoms with E-state index in [1.54, 1.807) is 35.0 Å². The molecule has 0 radical (unpaired) electrons. The van der Waals surface area contributed by atoms with E-state index in [1.165, 1.54) is 6.33 Å². The first-order valence-electron chi connectivity index (χ1n) is 8.88. The van der Waals surface area contributed by atoms with E-state index in [2.05, 4.69) is 25.4 Å². The highest BCUT2D eigenvalue weighted by Gasteiger charge is 2.14. The highest BCUT2D eigenvalue weighted by molar-refractivity contribution is 6.32. The molecular formula is C20H16ClN7O. The molecule has 2 N–H and O–H groups in total. The maximum absolute atomic E-state index is 12.5. The molecule has 4 aromatic rings. The number of nitriles is 1. The zero-order chi connectivity index (χ0) is 20.4. The number of fused-ring (bicyclic) bond motifs is 1. The third-order valence-electron chi connectivity index (χ3n) is 4.38. The summed E-state index contributed by atoms with van der Waals surface area (Å²) in [6, 6.07) is 12.3. The van der Waals surface area contributed by atoms with Gasteiger partial charge in [0.15, 0.2) is 5.65 Å². The summed E-state index contributed by atoms with van der Waals surface area (Å²) in [6.07, 6.45) is 3.37. The van der Waals surface area contributed by atoms with Crippen LogP contribution in [0.1, 0.15) is 23.0 Å². The average molecular weight is 406 g/mol. The van der Waals surface area contributed by atoms with E-state index in [0.717, 1.165) is 16.8 Å². The number of carbonyl (C=O) groups is 1. The molecule has 0 saturated carbocycles. The van der Waals surface area contributed by atoms with Crippen molar-refractivity contribution >= 4 is 28.7 Å². The summed E-state index contributed by atoms with van der Waals surface area (Å²) >= 11 is 6.10. The van der Waals surface area contributed by atoms with Crippen LogP contribution in [0.3, 0.4) is 0 Å². The number of benzene rings is 1. The molecule has 0 bridgehead atoms. The number of H-pyrrole nitrogens is 1. The lowest BCUT2D eigenvalue weighted by molar-refractivity contribution is 0.0931. The summed E-state index contributed by atoms with van der Waals surface area (Å²) < 4.78 is 1.75. The van der Waals surface area contributed by atoms with Crippen molar-refractivity contribution in [3.63, 3.8) is 0 Å². The number of carbonyl (C=O) groups excluding carboxylic acids is 1. The molecule has 0 aliphatic heterocycles. The van der Waals surface area contributed by atoms with E-state index in [1.807, 2.05) is 25.3 Å². The molecule has 3 aromatic heterocycles. The molecule has 144 valence electrons. The second-order valence-electron chi connectivity index (χ2n) is 6.57. The number of nitrogens with one attached hydrogen (secondary N) is 2. The molecular weight excluding hydrogens is 390 g/mol. The molecule has 29 heavy (non-hydrogen) atoms. The van der Waals surface area contributed by atoms with E-state index in [9.17, 15) is 4.79 Å². The second-order valence-corrected chi connectivity index (χ2v) is 6.98. The number of imidazole rings is 1. The summed E-state index contributed by atoms with van der Waals surface area (Å²) in [5.41, 5.74) is 3.57. The Morgan fingerprint density at radius 2 is 2.21 bits per heavy atom. The number of rotatable bonds is 5.